The van der Waals surface area contributed by atoms with Gasteiger partial charge >= 0.3 is 6.18 Å². The molecule has 0 saturated carbocycles. The molecule has 0 aromatic heterocycles. The molecule has 1 aromatic carbocycles. The lowest BCUT2D eigenvalue weighted by Gasteiger charge is -2.34. The fourth-order valence-electron chi connectivity index (χ4n) is 2.54. The Kier molecular flexibility index (Phi) is 5.09. The molecule has 1 atom stereocenters. The van der Waals surface area contributed by atoms with Crippen LogP contribution in [-0.4, -0.2) is 31.1 Å². The van der Waals surface area contributed by atoms with Crippen LogP contribution in [0.1, 0.15) is 23.6 Å². The molecule has 1 saturated heterocycles. The molecule has 1 aliphatic rings. The van der Waals surface area contributed by atoms with Crippen molar-refractivity contribution in [2.24, 2.45) is 0 Å². The van der Waals surface area contributed by atoms with Crippen LogP contribution >= 0.6 is 11.6 Å². The van der Waals surface area contributed by atoms with Gasteiger partial charge in [-0.2, -0.15) is 18.4 Å². The Hall–Kier alpha value is -1.29. The Balaban J connectivity index is 2.38. The minimum Gasteiger partial charge on any atom is -0.314 e. The SMILES string of the molecule is N#CC[C@@H](c1cccc(C(F)(F)F)c1Cl)N1CCNCC1. The fraction of sp³-hybridized carbons (Fsp3) is 0.500. The second kappa shape index (κ2) is 6.65. The molecule has 1 N–H and O–H groups in total. The molecule has 1 fully saturated rings. The summed E-state index contributed by atoms with van der Waals surface area (Å²) >= 11 is 5.97. The largest absolute Gasteiger partial charge is 0.417 e. The van der Waals surface area contributed by atoms with E-state index in [0.717, 1.165) is 19.2 Å². The molecule has 1 heterocycles. The minimum atomic E-state index is -4.49. The monoisotopic (exact) mass is 317 g/mol. The van der Waals surface area contributed by atoms with E-state index in [1.807, 2.05) is 11.0 Å². The van der Waals surface area contributed by atoms with Gasteiger partial charge in [0.1, 0.15) is 0 Å². The van der Waals surface area contributed by atoms with E-state index in [1.54, 1.807) is 6.07 Å². The summed E-state index contributed by atoms with van der Waals surface area (Å²) in [7, 11) is 0. The van der Waals surface area contributed by atoms with Crippen LogP contribution in [0.3, 0.4) is 0 Å². The Morgan fingerprint density at radius 1 is 1.33 bits per heavy atom. The maximum atomic E-state index is 12.9. The third kappa shape index (κ3) is 3.67. The maximum Gasteiger partial charge on any atom is 0.417 e. The van der Waals surface area contributed by atoms with Crippen molar-refractivity contribution in [2.75, 3.05) is 26.2 Å². The quantitative estimate of drug-likeness (QED) is 0.930. The van der Waals surface area contributed by atoms with Gasteiger partial charge in [0.2, 0.25) is 0 Å². The summed E-state index contributed by atoms with van der Waals surface area (Å²) in [5, 5.41) is 11.9. The molecule has 21 heavy (non-hydrogen) atoms. The highest BCUT2D eigenvalue weighted by Crippen LogP contribution is 2.39. The van der Waals surface area contributed by atoms with E-state index in [4.69, 9.17) is 16.9 Å². The standard InChI is InChI=1S/C14H15ClF3N3/c15-13-10(2-1-3-11(13)14(16,17)18)12(4-5-19)21-8-6-20-7-9-21/h1-3,12,20H,4,6-9H2/t12-/m0/s1. The molecular formula is C14H15ClF3N3. The summed E-state index contributed by atoms with van der Waals surface area (Å²) in [5.74, 6) is 0. The smallest absolute Gasteiger partial charge is 0.314 e. The third-order valence-electron chi connectivity index (χ3n) is 3.57. The zero-order chi connectivity index (χ0) is 15.5. The number of nitrogens with zero attached hydrogens (tertiary/aromatic N) is 2. The molecule has 114 valence electrons. The number of rotatable bonds is 3. The van der Waals surface area contributed by atoms with Crippen molar-refractivity contribution in [2.45, 2.75) is 18.6 Å². The van der Waals surface area contributed by atoms with Gasteiger partial charge in [-0.1, -0.05) is 23.7 Å². The van der Waals surface area contributed by atoms with Crippen molar-refractivity contribution >= 4 is 11.6 Å². The van der Waals surface area contributed by atoms with Crippen LogP contribution in [0.5, 0.6) is 0 Å². The second-order valence-electron chi connectivity index (χ2n) is 4.87. The molecular weight excluding hydrogens is 303 g/mol. The molecule has 0 spiro atoms. The van der Waals surface area contributed by atoms with Gasteiger partial charge in [-0.05, 0) is 11.6 Å². The summed E-state index contributed by atoms with van der Waals surface area (Å²) in [4.78, 5) is 2.00. The number of hydrogen-bond donors (Lipinski definition) is 1. The van der Waals surface area contributed by atoms with Crippen LogP contribution in [0.25, 0.3) is 0 Å². The summed E-state index contributed by atoms with van der Waals surface area (Å²) in [6.07, 6.45) is -4.38. The molecule has 2 rings (SSSR count). The first-order valence-electron chi connectivity index (χ1n) is 6.62. The minimum absolute atomic E-state index is 0.112. The van der Waals surface area contributed by atoms with Crippen molar-refractivity contribution in [1.29, 1.82) is 5.26 Å². The van der Waals surface area contributed by atoms with E-state index in [0.29, 0.717) is 18.7 Å². The molecule has 0 radical (unpaired) electrons. The average Bonchev–Trinajstić information content (AvgIpc) is 2.45. The highest BCUT2D eigenvalue weighted by atomic mass is 35.5. The van der Waals surface area contributed by atoms with Gasteiger partial charge in [0.25, 0.3) is 0 Å². The number of halogens is 4. The molecule has 0 aliphatic carbocycles. The number of piperazine rings is 1. The molecule has 0 unspecified atom stereocenters. The van der Waals surface area contributed by atoms with Gasteiger partial charge in [-0.25, -0.2) is 0 Å². The zero-order valence-electron chi connectivity index (χ0n) is 11.3. The number of nitrogens with one attached hydrogen (secondary N) is 1. The van der Waals surface area contributed by atoms with Crippen LogP contribution in [-0.2, 0) is 6.18 Å². The van der Waals surface area contributed by atoms with Crippen molar-refractivity contribution in [3.63, 3.8) is 0 Å². The molecule has 1 aromatic rings. The van der Waals surface area contributed by atoms with Crippen LogP contribution in [0, 0.1) is 11.3 Å². The molecule has 3 nitrogen and oxygen atoms in total. The lowest BCUT2D eigenvalue weighted by molar-refractivity contribution is -0.137. The van der Waals surface area contributed by atoms with Crippen molar-refractivity contribution in [3.8, 4) is 6.07 Å². The molecule has 1 aliphatic heterocycles. The normalized spacial score (nSPS) is 18.2. The van der Waals surface area contributed by atoms with Crippen molar-refractivity contribution in [3.05, 3.63) is 34.3 Å². The van der Waals surface area contributed by atoms with Gasteiger partial charge < -0.3 is 5.32 Å². The summed E-state index contributed by atoms with van der Waals surface area (Å²) in [6, 6.07) is 5.52. The Morgan fingerprint density at radius 2 is 2.00 bits per heavy atom. The van der Waals surface area contributed by atoms with E-state index in [1.165, 1.54) is 6.07 Å². The predicted molar refractivity (Wildman–Crippen MR) is 73.9 cm³/mol. The lowest BCUT2D eigenvalue weighted by Crippen LogP contribution is -2.45. The van der Waals surface area contributed by atoms with Gasteiger partial charge in [0.15, 0.2) is 0 Å². The average molecular weight is 318 g/mol. The number of hydrogen-bond acceptors (Lipinski definition) is 3. The van der Waals surface area contributed by atoms with Gasteiger partial charge in [-0.15, -0.1) is 0 Å². The maximum absolute atomic E-state index is 12.9. The second-order valence-corrected chi connectivity index (χ2v) is 5.25. The Bertz CT molecular complexity index is 533. The van der Waals surface area contributed by atoms with Gasteiger partial charge in [0, 0.05) is 32.2 Å². The van der Waals surface area contributed by atoms with E-state index in [9.17, 15) is 13.2 Å². The molecule has 0 amide bonds. The van der Waals surface area contributed by atoms with Crippen LogP contribution in [0.15, 0.2) is 18.2 Å². The van der Waals surface area contributed by atoms with Gasteiger partial charge in [-0.3, -0.25) is 4.90 Å². The first-order valence-corrected chi connectivity index (χ1v) is 7.00. The van der Waals surface area contributed by atoms with Crippen molar-refractivity contribution in [1.82, 2.24) is 10.2 Å². The Labute approximate surface area is 126 Å². The summed E-state index contributed by atoms with van der Waals surface area (Å²) in [5.41, 5.74) is -0.477. The van der Waals surface area contributed by atoms with Crippen LogP contribution in [0.2, 0.25) is 5.02 Å². The predicted octanol–water partition coefficient (Wildman–Crippen LogP) is 3.22. The number of alkyl halides is 3. The van der Waals surface area contributed by atoms with E-state index in [2.05, 4.69) is 5.32 Å². The Morgan fingerprint density at radius 3 is 2.57 bits per heavy atom. The first-order chi connectivity index (χ1) is 9.95. The highest BCUT2D eigenvalue weighted by Gasteiger charge is 2.35. The van der Waals surface area contributed by atoms with E-state index < -0.39 is 17.8 Å². The fourth-order valence-corrected chi connectivity index (χ4v) is 2.90. The molecule has 0 bridgehead atoms. The van der Waals surface area contributed by atoms with E-state index >= 15 is 0 Å². The summed E-state index contributed by atoms with van der Waals surface area (Å²) in [6.45, 7) is 2.86. The topological polar surface area (TPSA) is 39.1 Å². The number of benzene rings is 1. The highest BCUT2D eigenvalue weighted by molar-refractivity contribution is 6.32. The third-order valence-corrected chi connectivity index (χ3v) is 3.99. The van der Waals surface area contributed by atoms with Crippen LogP contribution < -0.4 is 5.32 Å². The lowest BCUT2D eigenvalue weighted by atomic mass is 9.99. The van der Waals surface area contributed by atoms with Gasteiger partial charge in [0.05, 0.1) is 23.1 Å². The molecule has 7 heteroatoms. The first kappa shape index (κ1) is 16.1. The number of nitriles is 1. The van der Waals surface area contributed by atoms with Crippen LogP contribution in [0.4, 0.5) is 13.2 Å². The summed E-state index contributed by atoms with van der Waals surface area (Å²) < 4.78 is 38.8. The van der Waals surface area contributed by atoms with Crippen molar-refractivity contribution < 1.29 is 13.2 Å². The zero-order valence-corrected chi connectivity index (χ0v) is 12.0. The van der Waals surface area contributed by atoms with E-state index in [-0.39, 0.29) is 11.4 Å².